The van der Waals surface area contributed by atoms with E-state index in [-0.39, 0.29) is 6.42 Å². The van der Waals surface area contributed by atoms with E-state index in [1.807, 2.05) is 11.6 Å². The van der Waals surface area contributed by atoms with Gasteiger partial charge in [-0.15, -0.1) is 10.2 Å². The normalized spacial score (nSPS) is 16.3. The fraction of sp³-hybridized carbons (Fsp3) is 0.700. The first-order chi connectivity index (χ1) is 7.18. The first-order valence-electron chi connectivity index (χ1n) is 5.28. The predicted molar refractivity (Wildman–Crippen MR) is 53.6 cm³/mol. The van der Waals surface area contributed by atoms with E-state index in [0.29, 0.717) is 12.3 Å². The highest BCUT2D eigenvalue weighted by molar-refractivity contribution is 5.66. The Hall–Kier alpha value is -1.39. The van der Waals surface area contributed by atoms with Crippen molar-refractivity contribution in [3.63, 3.8) is 0 Å². The molecule has 1 N–H and O–H groups in total. The maximum Gasteiger partial charge on any atom is 0.303 e. The van der Waals surface area contributed by atoms with Crippen LogP contribution in [0.2, 0.25) is 0 Å². The van der Waals surface area contributed by atoms with Crippen LogP contribution in [0, 0.1) is 0 Å². The Morgan fingerprint density at radius 3 is 2.80 bits per heavy atom. The van der Waals surface area contributed by atoms with Crippen LogP contribution in [0.5, 0.6) is 0 Å². The minimum Gasteiger partial charge on any atom is -0.481 e. The molecule has 0 saturated heterocycles. The van der Waals surface area contributed by atoms with Gasteiger partial charge in [0.1, 0.15) is 11.6 Å². The molecule has 5 nitrogen and oxygen atoms in total. The topological polar surface area (TPSA) is 68.0 Å². The minimum absolute atomic E-state index is 0.122. The summed E-state index contributed by atoms with van der Waals surface area (Å²) in [7, 11) is 1.92. The third kappa shape index (κ3) is 2.00. The van der Waals surface area contributed by atoms with Gasteiger partial charge in [0, 0.05) is 19.4 Å². The zero-order valence-corrected chi connectivity index (χ0v) is 8.81. The summed E-state index contributed by atoms with van der Waals surface area (Å²) in [6.07, 6.45) is 4.22. The molecule has 1 saturated carbocycles. The summed E-state index contributed by atoms with van der Waals surface area (Å²) in [5, 5.41) is 16.8. The van der Waals surface area contributed by atoms with Crippen molar-refractivity contribution in [1.29, 1.82) is 0 Å². The summed E-state index contributed by atoms with van der Waals surface area (Å²) in [5.41, 5.74) is 0. The molecule has 0 atom stereocenters. The van der Waals surface area contributed by atoms with Gasteiger partial charge in [0.25, 0.3) is 0 Å². The zero-order valence-electron chi connectivity index (χ0n) is 8.81. The first-order valence-corrected chi connectivity index (χ1v) is 5.28. The smallest absolute Gasteiger partial charge is 0.303 e. The molecule has 0 spiro atoms. The third-order valence-corrected chi connectivity index (χ3v) is 3.03. The molecule has 0 radical (unpaired) electrons. The molecule has 1 fully saturated rings. The second-order valence-corrected chi connectivity index (χ2v) is 4.06. The SMILES string of the molecule is Cn1c(CCC(=O)O)nnc1C1CCC1. The van der Waals surface area contributed by atoms with Crippen molar-refractivity contribution in [2.75, 3.05) is 0 Å². The largest absolute Gasteiger partial charge is 0.481 e. The van der Waals surface area contributed by atoms with Crippen LogP contribution in [-0.4, -0.2) is 25.8 Å². The molecule has 82 valence electrons. The molecule has 1 aliphatic rings. The molecule has 1 heterocycles. The summed E-state index contributed by atoms with van der Waals surface area (Å²) in [6, 6.07) is 0. The Balaban J connectivity index is 2.05. The lowest BCUT2D eigenvalue weighted by Gasteiger charge is -2.24. The molecule has 0 unspecified atom stereocenters. The highest BCUT2D eigenvalue weighted by Crippen LogP contribution is 2.35. The number of carboxylic acid groups (broad SMARTS) is 1. The van der Waals surface area contributed by atoms with Crippen LogP contribution in [0.15, 0.2) is 0 Å². The number of aryl methyl sites for hydroxylation is 1. The van der Waals surface area contributed by atoms with Crippen molar-refractivity contribution in [3.8, 4) is 0 Å². The number of nitrogens with zero attached hydrogens (tertiary/aromatic N) is 3. The molecule has 1 aliphatic carbocycles. The number of hydrogen-bond acceptors (Lipinski definition) is 3. The molecule has 15 heavy (non-hydrogen) atoms. The number of aromatic nitrogens is 3. The van der Waals surface area contributed by atoms with Crippen LogP contribution in [0.4, 0.5) is 0 Å². The highest BCUT2D eigenvalue weighted by atomic mass is 16.4. The maximum atomic E-state index is 10.4. The summed E-state index contributed by atoms with van der Waals surface area (Å²) < 4.78 is 1.95. The summed E-state index contributed by atoms with van der Waals surface area (Å²) in [4.78, 5) is 10.4. The lowest BCUT2D eigenvalue weighted by molar-refractivity contribution is -0.137. The van der Waals surface area contributed by atoms with E-state index in [2.05, 4.69) is 10.2 Å². The number of aliphatic carboxylic acids is 1. The van der Waals surface area contributed by atoms with Gasteiger partial charge in [-0.25, -0.2) is 0 Å². The van der Waals surface area contributed by atoms with Crippen LogP contribution in [0.3, 0.4) is 0 Å². The van der Waals surface area contributed by atoms with Gasteiger partial charge in [-0.2, -0.15) is 0 Å². The Morgan fingerprint density at radius 1 is 1.53 bits per heavy atom. The monoisotopic (exact) mass is 209 g/mol. The van der Waals surface area contributed by atoms with Crippen LogP contribution < -0.4 is 0 Å². The summed E-state index contributed by atoms with van der Waals surface area (Å²) in [6.45, 7) is 0. The van der Waals surface area contributed by atoms with E-state index in [1.165, 1.54) is 19.3 Å². The Morgan fingerprint density at radius 2 is 2.27 bits per heavy atom. The number of hydrogen-bond donors (Lipinski definition) is 1. The molecular formula is C10H15N3O2. The number of carbonyl (C=O) groups is 1. The maximum absolute atomic E-state index is 10.4. The standard InChI is InChI=1S/C10H15N3O2/c1-13-8(5-6-9(14)15)11-12-10(13)7-3-2-4-7/h7H,2-6H2,1H3,(H,14,15). The second-order valence-electron chi connectivity index (χ2n) is 4.06. The van der Waals surface area contributed by atoms with Crippen molar-refractivity contribution in [2.45, 2.75) is 38.0 Å². The van der Waals surface area contributed by atoms with Gasteiger partial charge >= 0.3 is 5.97 Å². The summed E-state index contributed by atoms with van der Waals surface area (Å²) >= 11 is 0. The van der Waals surface area contributed by atoms with Crippen LogP contribution in [0.1, 0.15) is 43.3 Å². The average Bonchev–Trinajstić information content (AvgIpc) is 2.43. The van der Waals surface area contributed by atoms with Crippen molar-refractivity contribution < 1.29 is 9.90 Å². The van der Waals surface area contributed by atoms with Gasteiger partial charge in [0.2, 0.25) is 0 Å². The molecule has 1 aromatic heterocycles. The average molecular weight is 209 g/mol. The van der Waals surface area contributed by atoms with Gasteiger partial charge in [0.05, 0.1) is 6.42 Å². The number of carboxylic acids is 1. The summed E-state index contributed by atoms with van der Waals surface area (Å²) in [5.74, 6) is 1.55. The molecular weight excluding hydrogens is 194 g/mol. The quantitative estimate of drug-likeness (QED) is 0.806. The van der Waals surface area contributed by atoms with E-state index in [4.69, 9.17) is 5.11 Å². The van der Waals surface area contributed by atoms with E-state index in [0.717, 1.165) is 11.6 Å². The van der Waals surface area contributed by atoms with Gasteiger partial charge in [-0.3, -0.25) is 4.79 Å². The lowest BCUT2D eigenvalue weighted by atomic mass is 9.85. The lowest BCUT2D eigenvalue weighted by Crippen LogP contribution is -2.15. The van der Waals surface area contributed by atoms with E-state index < -0.39 is 5.97 Å². The molecule has 0 bridgehead atoms. The molecule has 2 rings (SSSR count). The fourth-order valence-corrected chi connectivity index (χ4v) is 1.83. The third-order valence-electron chi connectivity index (χ3n) is 3.03. The van der Waals surface area contributed by atoms with Crippen molar-refractivity contribution in [1.82, 2.24) is 14.8 Å². The van der Waals surface area contributed by atoms with E-state index in [1.54, 1.807) is 0 Å². The van der Waals surface area contributed by atoms with E-state index >= 15 is 0 Å². The van der Waals surface area contributed by atoms with Crippen LogP contribution >= 0.6 is 0 Å². The fourth-order valence-electron chi connectivity index (χ4n) is 1.83. The van der Waals surface area contributed by atoms with Crippen LogP contribution in [0.25, 0.3) is 0 Å². The van der Waals surface area contributed by atoms with Gasteiger partial charge in [-0.05, 0) is 12.8 Å². The van der Waals surface area contributed by atoms with Crippen molar-refractivity contribution in [3.05, 3.63) is 11.6 Å². The molecule has 0 aliphatic heterocycles. The van der Waals surface area contributed by atoms with E-state index in [9.17, 15) is 4.79 Å². The van der Waals surface area contributed by atoms with Gasteiger partial charge in [0.15, 0.2) is 0 Å². The predicted octanol–water partition coefficient (Wildman–Crippen LogP) is 1.10. The second kappa shape index (κ2) is 4.00. The Labute approximate surface area is 88.1 Å². The Kier molecular flexibility index (Phi) is 2.70. The van der Waals surface area contributed by atoms with Crippen LogP contribution in [-0.2, 0) is 18.3 Å². The highest BCUT2D eigenvalue weighted by Gasteiger charge is 2.25. The molecule has 5 heteroatoms. The zero-order chi connectivity index (χ0) is 10.8. The molecule has 1 aromatic rings. The van der Waals surface area contributed by atoms with Gasteiger partial charge < -0.3 is 9.67 Å². The Bertz CT molecular complexity index is 369. The molecule has 0 aromatic carbocycles. The van der Waals surface area contributed by atoms with Gasteiger partial charge in [-0.1, -0.05) is 6.42 Å². The minimum atomic E-state index is -0.789. The molecule has 0 amide bonds. The van der Waals surface area contributed by atoms with Crippen molar-refractivity contribution in [2.24, 2.45) is 7.05 Å². The first kappa shape index (κ1) is 10.1. The number of rotatable bonds is 4. The van der Waals surface area contributed by atoms with Crippen molar-refractivity contribution >= 4 is 5.97 Å².